The summed E-state index contributed by atoms with van der Waals surface area (Å²) < 4.78 is 6.66. The number of carbonyl (C=O) groups excluding carboxylic acids is 1. The molecule has 1 unspecified atom stereocenters. The monoisotopic (exact) mass is 339 g/mol. The molecule has 0 saturated heterocycles. The molecule has 25 heavy (non-hydrogen) atoms. The fourth-order valence-electron chi connectivity index (χ4n) is 3.61. The molecule has 2 aromatic rings. The number of nitrogens with one attached hydrogen (secondary N) is 2. The molecule has 4 rings (SSSR count). The Hall–Kier alpha value is -3.09. The molecule has 2 aliphatic rings. The molecule has 0 radical (unpaired) electrons. The minimum absolute atomic E-state index is 0.112. The van der Waals surface area contributed by atoms with Gasteiger partial charge in [-0.15, -0.1) is 0 Å². The number of cyclic esters (lactones) is 1. The van der Waals surface area contributed by atoms with Gasteiger partial charge in [-0.05, 0) is 25.0 Å². The first kappa shape index (κ1) is 15.4. The fraction of sp³-hybridized carbons (Fsp3) is 0.278. The maximum Gasteiger partial charge on any atom is 0.337 e. The number of hydrogen-bond donors (Lipinski definition) is 2. The van der Waals surface area contributed by atoms with Gasteiger partial charge in [-0.3, -0.25) is 14.3 Å². The largest absolute Gasteiger partial charge is 0.456 e. The van der Waals surface area contributed by atoms with Crippen molar-refractivity contribution in [3.63, 3.8) is 0 Å². The highest BCUT2D eigenvalue weighted by Crippen LogP contribution is 2.42. The lowest BCUT2D eigenvalue weighted by atomic mass is 9.81. The van der Waals surface area contributed by atoms with Gasteiger partial charge >= 0.3 is 11.7 Å². The molecule has 7 nitrogen and oxygen atoms in total. The van der Waals surface area contributed by atoms with Gasteiger partial charge in [-0.1, -0.05) is 24.3 Å². The molecule has 1 aromatic heterocycles. The molecule has 0 aliphatic carbocycles. The van der Waals surface area contributed by atoms with Gasteiger partial charge in [-0.2, -0.15) is 0 Å². The third-order valence-electron chi connectivity index (χ3n) is 4.79. The third-order valence-corrected chi connectivity index (χ3v) is 4.79. The summed E-state index contributed by atoms with van der Waals surface area (Å²) in [6.07, 6.45) is 0. The van der Waals surface area contributed by atoms with Crippen molar-refractivity contribution in [2.75, 3.05) is 11.9 Å². The van der Waals surface area contributed by atoms with Crippen LogP contribution in [0.2, 0.25) is 0 Å². The second-order valence-electron chi connectivity index (χ2n) is 6.15. The Morgan fingerprint density at radius 2 is 2.00 bits per heavy atom. The Kier molecular flexibility index (Phi) is 3.38. The summed E-state index contributed by atoms with van der Waals surface area (Å²) in [4.78, 5) is 39.5. The first-order valence-electron chi connectivity index (χ1n) is 8.12. The Balaban J connectivity index is 2.09. The van der Waals surface area contributed by atoms with Gasteiger partial charge in [0.1, 0.15) is 12.4 Å². The van der Waals surface area contributed by atoms with Crippen LogP contribution in [0.4, 0.5) is 5.82 Å². The van der Waals surface area contributed by atoms with Crippen molar-refractivity contribution in [3.05, 3.63) is 73.1 Å². The normalized spacial score (nSPS) is 18.5. The zero-order valence-corrected chi connectivity index (χ0v) is 13.9. The van der Waals surface area contributed by atoms with E-state index in [1.54, 1.807) is 0 Å². The lowest BCUT2D eigenvalue weighted by Gasteiger charge is -2.28. The maximum atomic E-state index is 12.7. The van der Waals surface area contributed by atoms with Crippen LogP contribution in [-0.4, -0.2) is 22.1 Å². The number of rotatable bonds is 2. The molecule has 0 amide bonds. The molecule has 0 bridgehead atoms. The van der Waals surface area contributed by atoms with Crippen LogP contribution in [0.3, 0.4) is 0 Å². The molecule has 1 atom stereocenters. The van der Waals surface area contributed by atoms with Gasteiger partial charge in [0.15, 0.2) is 0 Å². The van der Waals surface area contributed by atoms with E-state index in [4.69, 9.17) is 4.74 Å². The minimum atomic E-state index is -0.565. The van der Waals surface area contributed by atoms with E-state index in [2.05, 4.69) is 10.3 Å². The summed E-state index contributed by atoms with van der Waals surface area (Å²) in [6.45, 7) is 4.26. The van der Waals surface area contributed by atoms with Crippen LogP contribution < -0.4 is 16.6 Å². The number of aromatic amines is 1. The van der Waals surface area contributed by atoms with Crippen LogP contribution in [0.25, 0.3) is 0 Å². The zero-order valence-electron chi connectivity index (χ0n) is 13.9. The average molecular weight is 339 g/mol. The summed E-state index contributed by atoms with van der Waals surface area (Å²) in [5.41, 5.74) is 2.26. The Morgan fingerprint density at radius 1 is 1.24 bits per heavy atom. The van der Waals surface area contributed by atoms with E-state index in [1.165, 1.54) is 4.57 Å². The number of nitrogens with zero attached hydrogens (tertiary/aromatic N) is 1. The van der Waals surface area contributed by atoms with Crippen molar-refractivity contribution in [1.82, 2.24) is 9.55 Å². The molecular weight excluding hydrogens is 322 g/mol. The van der Waals surface area contributed by atoms with E-state index in [0.717, 1.165) is 11.1 Å². The van der Waals surface area contributed by atoms with Gasteiger partial charge in [0.05, 0.1) is 22.8 Å². The van der Waals surface area contributed by atoms with Gasteiger partial charge in [-0.25, -0.2) is 9.59 Å². The number of esters is 1. The van der Waals surface area contributed by atoms with Crippen molar-refractivity contribution in [1.29, 1.82) is 0 Å². The molecule has 1 aromatic carbocycles. The van der Waals surface area contributed by atoms with Crippen molar-refractivity contribution in [2.24, 2.45) is 0 Å². The van der Waals surface area contributed by atoms with Crippen LogP contribution in [-0.2, 0) is 16.1 Å². The number of carbonyl (C=O) groups is 1. The van der Waals surface area contributed by atoms with Crippen LogP contribution in [0, 0.1) is 6.92 Å². The number of hydrogen-bond acceptors (Lipinski definition) is 5. The van der Waals surface area contributed by atoms with Crippen molar-refractivity contribution < 1.29 is 9.53 Å². The Morgan fingerprint density at radius 3 is 2.72 bits per heavy atom. The number of aryl methyl sites for hydroxylation is 1. The first-order valence-corrected chi connectivity index (χ1v) is 8.12. The first-order chi connectivity index (χ1) is 12.0. The van der Waals surface area contributed by atoms with E-state index in [-0.39, 0.29) is 6.61 Å². The zero-order chi connectivity index (χ0) is 17.7. The number of ether oxygens (including phenoxy) is 1. The topological polar surface area (TPSA) is 93.2 Å². The van der Waals surface area contributed by atoms with E-state index < -0.39 is 23.1 Å². The van der Waals surface area contributed by atoms with Crippen LogP contribution >= 0.6 is 0 Å². The van der Waals surface area contributed by atoms with Crippen LogP contribution in [0.5, 0.6) is 0 Å². The highest BCUT2D eigenvalue weighted by atomic mass is 16.5. The van der Waals surface area contributed by atoms with Crippen molar-refractivity contribution >= 4 is 11.8 Å². The molecule has 0 saturated carbocycles. The standard InChI is InChI=1S/C18H17N3O4/c1-3-21-15-14(16(22)20-18(21)24)12(10-7-5-4-6-9(10)2)13-11(19-15)8-25-17(13)23/h4-7,12,19H,3,8H2,1-2H3,(H,20,22,24). The molecule has 2 aliphatic heterocycles. The predicted molar refractivity (Wildman–Crippen MR) is 91.6 cm³/mol. The molecule has 0 fully saturated rings. The highest BCUT2D eigenvalue weighted by molar-refractivity contribution is 5.97. The van der Waals surface area contributed by atoms with E-state index in [9.17, 15) is 14.4 Å². The quantitative estimate of drug-likeness (QED) is 0.803. The van der Waals surface area contributed by atoms with Crippen molar-refractivity contribution in [3.8, 4) is 0 Å². The van der Waals surface area contributed by atoms with Gasteiger partial charge in [0, 0.05) is 6.54 Å². The molecular formula is C18H17N3O4. The number of H-pyrrole nitrogens is 1. The fourth-order valence-corrected chi connectivity index (χ4v) is 3.61. The SMILES string of the molecule is CCn1c2c(c(=O)[nH]c1=O)C(c1ccccc1C)C1=C(COC1=O)N2. The average Bonchev–Trinajstić information content (AvgIpc) is 2.95. The summed E-state index contributed by atoms with van der Waals surface area (Å²) >= 11 is 0. The molecule has 128 valence electrons. The summed E-state index contributed by atoms with van der Waals surface area (Å²) in [6, 6.07) is 7.60. The maximum absolute atomic E-state index is 12.7. The van der Waals surface area contributed by atoms with Crippen molar-refractivity contribution in [2.45, 2.75) is 26.3 Å². The molecule has 2 N–H and O–H groups in total. The van der Waals surface area contributed by atoms with E-state index in [1.807, 2.05) is 38.1 Å². The molecule has 7 heteroatoms. The highest BCUT2D eigenvalue weighted by Gasteiger charge is 2.41. The second-order valence-corrected chi connectivity index (χ2v) is 6.15. The lowest BCUT2D eigenvalue weighted by Crippen LogP contribution is -2.38. The van der Waals surface area contributed by atoms with Gasteiger partial charge in [0.25, 0.3) is 5.56 Å². The lowest BCUT2D eigenvalue weighted by molar-refractivity contribution is -0.136. The van der Waals surface area contributed by atoms with Gasteiger partial charge < -0.3 is 10.1 Å². The molecule has 3 heterocycles. The number of anilines is 1. The third kappa shape index (κ3) is 2.15. The second kappa shape index (κ2) is 5.47. The molecule has 0 spiro atoms. The number of aromatic nitrogens is 2. The summed E-state index contributed by atoms with van der Waals surface area (Å²) in [5.74, 6) is -0.568. The predicted octanol–water partition coefficient (Wildman–Crippen LogP) is 1.23. The van der Waals surface area contributed by atoms with Crippen LogP contribution in [0.15, 0.2) is 45.1 Å². The Bertz CT molecular complexity index is 1050. The smallest absolute Gasteiger partial charge is 0.337 e. The minimum Gasteiger partial charge on any atom is -0.456 e. The van der Waals surface area contributed by atoms with E-state index >= 15 is 0 Å². The number of fused-ring (bicyclic) bond motifs is 1. The van der Waals surface area contributed by atoms with Gasteiger partial charge in [0.2, 0.25) is 0 Å². The van der Waals surface area contributed by atoms with Crippen LogP contribution in [0.1, 0.15) is 29.5 Å². The summed E-state index contributed by atoms with van der Waals surface area (Å²) in [7, 11) is 0. The van der Waals surface area contributed by atoms with E-state index in [0.29, 0.717) is 29.2 Å². The number of benzene rings is 1. The summed E-state index contributed by atoms with van der Waals surface area (Å²) in [5, 5.41) is 3.09. The Labute approximate surface area is 143 Å².